The van der Waals surface area contributed by atoms with Crippen molar-refractivity contribution in [2.75, 3.05) is 6.61 Å². The molecule has 1 unspecified atom stereocenters. The lowest BCUT2D eigenvalue weighted by molar-refractivity contribution is 0.0880. The Morgan fingerprint density at radius 1 is 1.38 bits per heavy atom. The number of nitrogens with two attached hydrogens (primary N) is 1. The number of carbonyl (C=O) groups excluding carboxylic acids is 1. The molecule has 3 N–H and O–H groups in total. The highest BCUT2D eigenvalue weighted by molar-refractivity contribution is 9.10. The standard InChI is InChI=1S/C19H14BrClF2N2O4/c1-8-6-9(21)2-3-10(8)16-17(20)29-19(25-16)13(7-26)28-12-5-4-11(22)14(15(12)23)18(24)27/h2-6,13,26H,7H2,1H3,(H2,24,27). The van der Waals surface area contributed by atoms with Gasteiger partial charge in [-0.3, -0.25) is 4.79 Å². The number of nitrogens with zero attached hydrogens (tertiary/aromatic N) is 1. The molecule has 2 aromatic carbocycles. The molecule has 0 aliphatic carbocycles. The minimum Gasteiger partial charge on any atom is -0.475 e. The molecule has 1 amide bonds. The summed E-state index contributed by atoms with van der Waals surface area (Å²) in [4.78, 5) is 15.6. The van der Waals surface area contributed by atoms with Crippen molar-refractivity contribution in [3.05, 3.63) is 68.7 Å². The highest BCUT2D eigenvalue weighted by atomic mass is 79.9. The fraction of sp³-hybridized carbons (Fsp3) is 0.158. The quantitative estimate of drug-likeness (QED) is 0.531. The molecule has 29 heavy (non-hydrogen) atoms. The van der Waals surface area contributed by atoms with Crippen LogP contribution in [0.15, 0.2) is 39.4 Å². The van der Waals surface area contributed by atoms with Crippen molar-refractivity contribution in [1.29, 1.82) is 0 Å². The fourth-order valence-corrected chi connectivity index (χ4v) is 3.38. The Morgan fingerprint density at radius 2 is 2.10 bits per heavy atom. The molecule has 6 nitrogen and oxygen atoms in total. The zero-order valence-corrected chi connectivity index (χ0v) is 17.2. The Balaban J connectivity index is 1.96. The molecule has 152 valence electrons. The first-order chi connectivity index (χ1) is 13.7. The summed E-state index contributed by atoms with van der Waals surface area (Å²) in [5.41, 5.74) is 6.03. The first-order valence-electron chi connectivity index (χ1n) is 8.21. The molecule has 0 spiro atoms. The van der Waals surface area contributed by atoms with E-state index in [1.807, 2.05) is 6.92 Å². The molecule has 0 saturated heterocycles. The van der Waals surface area contributed by atoms with Crippen molar-refractivity contribution in [3.63, 3.8) is 0 Å². The van der Waals surface area contributed by atoms with Gasteiger partial charge in [0.2, 0.25) is 5.89 Å². The van der Waals surface area contributed by atoms with Gasteiger partial charge in [0.15, 0.2) is 22.3 Å². The summed E-state index contributed by atoms with van der Waals surface area (Å²) in [7, 11) is 0. The number of aliphatic hydroxyl groups excluding tert-OH is 1. The monoisotopic (exact) mass is 486 g/mol. The maximum atomic E-state index is 14.4. The summed E-state index contributed by atoms with van der Waals surface area (Å²) in [5, 5.41) is 10.2. The van der Waals surface area contributed by atoms with E-state index >= 15 is 0 Å². The summed E-state index contributed by atoms with van der Waals surface area (Å²) < 4.78 is 39.2. The lowest BCUT2D eigenvalue weighted by Crippen LogP contribution is -2.18. The van der Waals surface area contributed by atoms with Crippen LogP contribution in [0, 0.1) is 18.6 Å². The molecule has 0 aliphatic heterocycles. The Labute approximate surface area is 177 Å². The van der Waals surface area contributed by atoms with Crippen LogP contribution >= 0.6 is 27.5 Å². The number of carbonyl (C=O) groups is 1. The topological polar surface area (TPSA) is 98.6 Å². The number of aliphatic hydroxyl groups is 1. The Hall–Kier alpha value is -2.49. The third-order valence-corrected chi connectivity index (χ3v) is 4.83. The molecule has 0 fully saturated rings. The number of oxazole rings is 1. The molecule has 1 aromatic heterocycles. The van der Waals surface area contributed by atoms with E-state index in [0.29, 0.717) is 10.7 Å². The second-order valence-corrected chi connectivity index (χ2v) is 7.18. The highest BCUT2D eigenvalue weighted by Gasteiger charge is 2.26. The van der Waals surface area contributed by atoms with Crippen molar-refractivity contribution in [2.45, 2.75) is 13.0 Å². The number of benzene rings is 2. The van der Waals surface area contributed by atoms with Crippen LogP contribution in [0.4, 0.5) is 8.78 Å². The molecule has 10 heteroatoms. The van der Waals surface area contributed by atoms with Gasteiger partial charge in [-0.15, -0.1) is 0 Å². The zero-order valence-electron chi connectivity index (χ0n) is 14.9. The molecule has 0 radical (unpaired) electrons. The first kappa shape index (κ1) is 21.2. The summed E-state index contributed by atoms with van der Waals surface area (Å²) in [6.45, 7) is 1.20. The van der Waals surface area contributed by atoms with Gasteiger partial charge in [-0.05, 0) is 52.7 Å². The molecule has 0 bridgehead atoms. The smallest absolute Gasteiger partial charge is 0.254 e. The molecule has 1 heterocycles. The highest BCUT2D eigenvalue weighted by Crippen LogP contribution is 2.35. The lowest BCUT2D eigenvalue weighted by Gasteiger charge is -2.15. The maximum Gasteiger partial charge on any atom is 0.254 e. The molecule has 1 atom stereocenters. The molecule has 3 rings (SSSR count). The van der Waals surface area contributed by atoms with E-state index in [4.69, 9.17) is 26.5 Å². The number of aryl methyl sites for hydroxylation is 1. The van der Waals surface area contributed by atoms with Gasteiger partial charge in [0.05, 0.1) is 6.61 Å². The van der Waals surface area contributed by atoms with Crippen LogP contribution in [0.2, 0.25) is 5.02 Å². The minimum atomic E-state index is -1.29. The van der Waals surface area contributed by atoms with E-state index in [9.17, 15) is 18.7 Å². The predicted molar refractivity (Wildman–Crippen MR) is 105 cm³/mol. The minimum absolute atomic E-state index is 0.0620. The van der Waals surface area contributed by atoms with E-state index in [1.165, 1.54) is 0 Å². The first-order valence-corrected chi connectivity index (χ1v) is 9.38. The van der Waals surface area contributed by atoms with E-state index < -0.39 is 41.6 Å². The van der Waals surface area contributed by atoms with Gasteiger partial charge >= 0.3 is 0 Å². The van der Waals surface area contributed by atoms with Crippen molar-refractivity contribution in [1.82, 2.24) is 4.98 Å². The number of rotatable bonds is 6. The number of primary amides is 1. The third kappa shape index (κ3) is 4.26. The van der Waals surface area contributed by atoms with E-state index in [-0.39, 0.29) is 10.6 Å². The van der Waals surface area contributed by atoms with Gasteiger partial charge < -0.3 is 20.0 Å². The van der Waals surface area contributed by atoms with Gasteiger partial charge in [0.1, 0.15) is 17.1 Å². The number of aromatic nitrogens is 1. The predicted octanol–water partition coefficient (Wildman–Crippen LogP) is 4.56. The van der Waals surface area contributed by atoms with Crippen LogP contribution in [0.1, 0.15) is 27.9 Å². The number of hydrogen-bond donors (Lipinski definition) is 2. The Kier molecular flexibility index (Phi) is 6.21. The van der Waals surface area contributed by atoms with Crippen LogP contribution in [0.25, 0.3) is 11.3 Å². The maximum absolute atomic E-state index is 14.4. The van der Waals surface area contributed by atoms with E-state index in [1.54, 1.807) is 18.2 Å². The van der Waals surface area contributed by atoms with Crippen molar-refractivity contribution < 1.29 is 27.8 Å². The lowest BCUT2D eigenvalue weighted by atomic mass is 10.1. The van der Waals surface area contributed by atoms with Crippen molar-refractivity contribution in [3.8, 4) is 17.0 Å². The van der Waals surface area contributed by atoms with Gasteiger partial charge in [0.25, 0.3) is 5.91 Å². The summed E-state index contributed by atoms with van der Waals surface area (Å²) in [6.07, 6.45) is -1.23. The number of halogens is 4. The largest absolute Gasteiger partial charge is 0.475 e. The number of hydrogen-bond acceptors (Lipinski definition) is 5. The third-order valence-electron chi connectivity index (χ3n) is 4.06. The molecular formula is C19H14BrClF2N2O4. The van der Waals surface area contributed by atoms with Crippen molar-refractivity contribution >= 4 is 33.4 Å². The van der Waals surface area contributed by atoms with Crippen molar-refractivity contribution in [2.24, 2.45) is 5.73 Å². The van der Waals surface area contributed by atoms with Crippen LogP contribution in [0.3, 0.4) is 0 Å². The van der Waals surface area contributed by atoms with E-state index in [2.05, 4.69) is 20.9 Å². The normalized spacial score (nSPS) is 12.1. The van der Waals surface area contributed by atoms with Crippen LogP contribution in [0.5, 0.6) is 5.75 Å². The number of ether oxygens (including phenoxy) is 1. The average Bonchev–Trinajstić information content (AvgIpc) is 3.02. The Morgan fingerprint density at radius 3 is 2.72 bits per heavy atom. The molecule has 3 aromatic rings. The average molecular weight is 488 g/mol. The molecule has 0 aliphatic rings. The van der Waals surface area contributed by atoms with E-state index in [0.717, 1.165) is 23.3 Å². The summed E-state index contributed by atoms with van der Waals surface area (Å²) in [6, 6.07) is 6.99. The van der Waals surface area contributed by atoms with Crippen LogP contribution < -0.4 is 10.5 Å². The second-order valence-electron chi connectivity index (χ2n) is 6.02. The Bertz CT molecular complexity index is 1090. The van der Waals surface area contributed by atoms with Crippen LogP contribution in [-0.4, -0.2) is 22.6 Å². The van der Waals surface area contributed by atoms with Gasteiger partial charge in [-0.1, -0.05) is 17.7 Å². The van der Waals surface area contributed by atoms with Gasteiger partial charge in [-0.25, -0.2) is 13.8 Å². The van der Waals surface area contributed by atoms with Gasteiger partial charge in [0, 0.05) is 10.6 Å². The molecular weight excluding hydrogens is 474 g/mol. The molecule has 0 saturated carbocycles. The summed E-state index contributed by atoms with van der Waals surface area (Å²) in [5.74, 6) is -4.24. The fourth-order valence-electron chi connectivity index (χ4n) is 2.68. The second kappa shape index (κ2) is 8.48. The van der Waals surface area contributed by atoms with Gasteiger partial charge in [-0.2, -0.15) is 0 Å². The SMILES string of the molecule is Cc1cc(Cl)ccc1-c1nc(C(CO)Oc2ccc(F)c(C(N)=O)c2F)oc1Br. The zero-order chi connectivity index (χ0) is 21.3. The van der Waals surface area contributed by atoms with Crippen LogP contribution in [-0.2, 0) is 0 Å². The number of amides is 1. The summed E-state index contributed by atoms with van der Waals surface area (Å²) >= 11 is 9.23.